The Kier molecular flexibility index (Phi) is 4.50. The van der Waals surface area contributed by atoms with Gasteiger partial charge in [0.25, 0.3) is 0 Å². The smallest absolute Gasteiger partial charge is 0.245 e. The Bertz CT molecular complexity index is 733. The van der Waals surface area contributed by atoms with Gasteiger partial charge in [-0.2, -0.15) is 10.4 Å². The van der Waals surface area contributed by atoms with Crippen molar-refractivity contribution in [1.82, 2.24) is 15.1 Å². The van der Waals surface area contributed by atoms with E-state index in [1.165, 1.54) is 24.1 Å². The van der Waals surface area contributed by atoms with Crippen LogP contribution < -0.4 is 5.32 Å². The predicted molar refractivity (Wildman–Crippen MR) is 78.8 cm³/mol. The van der Waals surface area contributed by atoms with Crippen molar-refractivity contribution < 1.29 is 9.59 Å². The van der Waals surface area contributed by atoms with Crippen LogP contribution >= 0.6 is 15.9 Å². The van der Waals surface area contributed by atoms with Crippen LogP contribution in [0, 0.1) is 17.2 Å². The zero-order chi connectivity index (χ0) is 15.4. The van der Waals surface area contributed by atoms with Crippen molar-refractivity contribution in [2.24, 2.45) is 5.92 Å². The van der Waals surface area contributed by atoms with Gasteiger partial charge < -0.3 is 5.32 Å². The van der Waals surface area contributed by atoms with Crippen LogP contribution in [-0.4, -0.2) is 28.5 Å². The lowest BCUT2D eigenvalue weighted by atomic mass is 10.0. The number of nitrogens with zero attached hydrogens (tertiary/aromatic N) is 3. The minimum Gasteiger partial charge on any atom is -0.358 e. The first-order chi connectivity index (χ1) is 10.1. The summed E-state index contributed by atoms with van der Waals surface area (Å²) in [7, 11) is 1.38. The Labute approximate surface area is 129 Å². The average molecular weight is 347 g/mol. The van der Waals surface area contributed by atoms with Gasteiger partial charge in [0.05, 0.1) is 23.5 Å². The Balaban J connectivity index is 2.30. The summed E-state index contributed by atoms with van der Waals surface area (Å²) in [5, 5.41) is 15.3. The normalized spacial score (nSPS) is 11.5. The van der Waals surface area contributed by atoms with E-state index in [9.17, 15) is 9.59 Å². The van der Waals surface area contributed by atoms with Crippen molar-refractivity contribution in [2.75, 3.05) is 7.05 Å². The third-order valence-electron chi connectivity index (χ3n) is 2.84. The van der Waals surface area contributed by atoms with E-state index >= 15 is 0 Å². The molecule has 0 aliphatic carbocycles. The van der Waals surface area contributed by atoms with Crippen molar-refractivity contribution in [3.05, 3.63) is 46.7 Å². The Morgan fingerprint density at radius 1 is 1.48 bits per heavy atom. The lowest BCUT2D eigenvalue weighted by molar-refractivity contribution is -0.121. The standard InChI is InChI=1S/C14H11BrN4O2/c1-17-14(21)12(6-16)13(20)9-7-18-19(8-9)11-4-2-3-10(15)5-11/h2-5,7-8,12H,1H3,(H,17,21). The third-order valence-corrected chi connectivity index (χ3v) is 3.33. The van der Waals surface area contributed by atoms with Gasteiger partial charge in [0.1, 0.15) is 0 Å². The molecule has 1 aromatic heterocycles. The molecule has 1 N–H and O–H groups in total. The molecule has 1 unspecified atom stereocenters. The number of rotatable bonds is 4. The number of hydrogen-bond donors (Lipinski definition) is 1. The number of carbonyl (C=O) groups excluding carboxylic acids is 2. The van der Waals surface area contributed by atoms with E-state index in [0.29, 0.717) is 0 Å². The lowest BCUT2D eigenvalue weighted by Crippen LogP contribution is -2.32. The Morgan fingerprint density at radius 3 is 2.86 bits per heavy atom. The highest BCUT2D eigenvalue weighted by atomic mass is 79.9. The molecule has 2 rings (SSSR count). The summed E-state index contributed by atoms with van der Waals surface area (Å²) in [6.45, 7) is 0. The summed E-state index contributed by atoms with van der Waals surface area (Å²) in [6.07, 6.45) is 2.84. The number of hydrogen-bond acceptors (Lipinski definition) is 4. The number of nitriles is 1. The number of nitrogens with one attached hydrogen (secondary N) is 1. The van der Waals surface area contributed by atoms with Gasteiger partial charge in [0, 0.05) is 17.7 Å². The maximum absolute atomic E-state index is 12.1. The van der Waals surface area contributed by atoms with Crippen LogP contribution in [-0.2, 0) is 4.79 Å². The number of aromatic nitrogens is 2. The monoisotopic (exact) mass is 346 g/mol. The SMILES string of the molecule is CNC(=O)C(C#N)C(=O)c1cnn(-c2cccc(Br)c2)c1. The van der Waals surface area contributed by atoms with Crippen molar-refractivity contribution in [2.45, 2.75) is 0 Å². The molecule has 0 aliphatic heterocycles. The summed E-state index contributed by atoms with van der Waals surface area (Å²) >= 11 is 3.35. The number of amides is 1. The first-order valence-corrected chi connectivity index (χ1v) is 6.82. The molecule has 6 nitrogen and oxygen atoms in total. The van der Waals surface area contributed by atoms with E-state index < -0.39 is 17.6 Å². The molecule has 106 valence electrons. The first kappa shape index (κ1) is 14.9. The summed E-state index contributed by atoms with van der Waals surface area (Å²) in [4.78, 5) is 23.6. The zero-order valence-electron chi connectivity index (χ0n) is 11.1. The molecule has 1 heterocycles. The van der Waals surface area contributed by atoms with Gasteiger partial charge in [-0.1, -0.05) is 22.0 Å². The van der Waals surface area contributed by atoms with Gasteiger partial charge in [-0.15, -0.1) is 0 Å². The maximum atomic E-state index is 12.1. The van der Waals surface area contributed by atoms with Crippen molar-refractivity contribution in [3.63, 3.8) is 0 Å². The third kappa shape index (κ3) is 3.17. The van der Waals surface area contributed by atoms with Gasteiger partial charge >= 0.3 is 0 Å². The molecule has 0 spiro atoms. The zero-order valence-corrected chi connectivity index (χ0v) is 12.7. The van der Waals surface area contributed by atoms with E-state index in [1.54, 1.807) is 6.07 Å². The van der Waals surface area contributed by atoms with Crippen LogP contribution in [0.25, 0.3) is 5.69 Å². The number of benzene rings is 1. The fourth-order valence-electron chi connectivity index (χ4n) is 1.76. The van der Waals surface area contributed by atoms with E-state index in [0.717, 1.165) is 10.2 Å². The molecule has 1 amide bonds. The minimum atomic E-state index is -1.37. The Morgan fingerprint density at radius 2 is 2.24 bits per heavy atom. The Hall–Kier alpha value is -2.46. The molecule has 1 aromatic carbocycles. The quantitative estimate of drug-likeness (QED) is 0.674. The second kappa shape index (κ2) is 6.33. The van der Waals surface area contributed by atoms with Crippen LogP contribution in [0.15, 0.2) is 41.1 Å². The second-order valence-electron chi connectivity index (χ2n) is 4.19. The first-order valence-electron chi connectivity index (χ1n) is 6.03. The number of carbonyl (C=O) groups is 2. The molecule has 0 bridgehead atoms. The number of ketones is 1. The highest BCUT2D eigenvalue weighted by Gasteiger charge is 2.27. The molecule has 7 heteroatoms. The van der Waals surface area contributed by atoms with Crippen LogP contribution in [0.5, 0.6) is 0 Å². The highest BCUT2D eigenvalue weighted by molar-refractivity contribution is 9.10. The topological polar surface area (TPSA) is 87.8 Å². The molecule has 21 heavy (non-hydrogen) atoms. The van der Waals surface area contributed by atoms with Crippen molar-refractivity contribution >= 4 is 27.6 Å². The summed E-state index contributed by atoms with van der Waals surface area (Å²) in [5.74, 6) is -2.56. The molecule has 2 aromatic rings. The van der Waals surface area contributed by atoms with Crippen molar-refractivity contribution in [3.8, 4) is 11.8 Å². The van der Waals surface area contributed by atoms with E-state index in [2.05, 4.69) is 26.3 Å². The van der Waals surface area contributed by atoms with Crippen LogP contribution in [0.2, 0.25) is 0 Å². The average Bonchev–Trinajstić information content (AvgIpc) is 2.97. The van der Waals surface area contributed by atoms with Gasteiger partial charge in [-0.25, -0.2) is 4.68 Å². The van der Waals surface area contributed by atoms with Gasteiger partial charge in [0.15, 0.2) is 11.7 Å². The van der Waals surface area contributed by atoms with E-state index in [4.69, 9.17) is 5.26 Å². The van der Waals surface area contributed by atoms with E-state index in [-0.39, 0.29) is 5.56 Å². The molecule has 0 fully saturated rings. The lowest BCUT2D eigenvalue weighted by Gasteiger charge is -2.04. The van der Waals surface area contributed by atoms with Gasteiger partial charge in [-0.05, 0) is 18.2 Å². The van der Waals surface area contributed by atoms with Gasteiger partial charge in [-0.3, -0.25) is 9.59 Å². The molecule has 0 aliphatic rings. The second-order valence-corrected chi connectivity index (χ2v) is 5.11. The maximum Gasteiger partial charge on any atom is 0.245 e. The summed E-state index contributed by atoms with van der Waals surface area (Å²) in [5.41, 5.74) is 0.974. The molecule has 0 saturated carbocycles. The summed E-state index contributed by atoms with van der Waals surface area (Å²) < 4.78 is 2.39. The number of halogens is 1. The fraction of sp³-hybridized carbons (Fsp3) is 0.143. The molecular formula is C14H11BrN4O2. The minimum absolute atomic E-state index is 0.213. The number of Topliss-reactive ketones (excluding diaryl/α,β-unsaturated/α-hetero) is 1. The molecular weight excluding hydrogens is 336 g/mol. The fourth-order valence-corrected chi connectivity index (χ4v) is 2.14. The van der Waals surface area contributed by atoms with E-state index in [1.807, 2.05) is 24.3 Å². The molecule has 0 radical (unpaired) electrons. The molecule has 0 saturated heterocycles. The predicted octanol–water partition coefficient (Wildman–Crippen LogP) is 1.70. The highest BCUT2D eigenvalue weighted by Crippen LogP contribution is 2.16. The van der Waals surface area contributed by atoms with Crippen LogP contribution in [0.1, 0.15) is 10.4 Å². The van der Waals surface area contributed by atoms with Crippen LogP contribution in [0.3, 0.4) is 0 Å². The van der Waals surface area contributed by atoms with Gasteiger partial charge in [0.2, 0.25) is 5.91 Å². The van der Waals surface area contributed by atoms with Crippen molar-refractivity contribution in [1.29, 1.82) is 5.26 Å². The molecule has 1 atom stereocenters. The summed E-state index contributed by atoms with van der Waals surface area (Å²) in [6, 6.07) is 9.07. The van der Waals surface area contributed by atoms with Crippen LogP contribution in [0.4, 0.5) is 0 Å². The largest absolute Gasteiger partial charge is 0.358 e.